The Labute approximate surface area is 90.9 Å². The number of imidazole rings is 1. The van der Waals surface area contributed by atoms with Crippen molar-refractivity contribution < 1.29 is 0 Å². The van der Waals surface area contributed by atoms with Crippen molar-refractivity contribution in [3.8, 4) is 0 Å². The molecule has 1 heterocycles. The highest BCUT2D eigenvalue weighted by Gasteiger charge is 2.30. The van der Waals surface area contributed by atoms with Crippen molar-refractivity contribution in [2.75, 3.05) is 6.54 Å². The third-order valence-corrected chi connectivity index (χ3v) is 3.23. The maximum Gasteiger partial charge on any atom is 0.0950 e. The van der Waals surface area contributed by atoms with Gasteiger partial charge in [-0.1, -0.05) is 0 Å². The van der Waals surface area contributed by atoms with E-state index in [9.17, 15) is 0 Å². The van der Waals surface area contributed by atoms with E-state index in [-0.39, 0.29) is 0 Å². The summed E-state index contributed by atoms with van der Waals surface area (Å²) in [6.45, 7) is 4.67. The van der Waals surface area contributed by atoms with Crippen LogP contribution in [0.1, 0.15) is 31.9 Å². The van der Waals surface area contributed by atoms with Crippen LogP contribution in [0.3, 0.4) is 0 Å². The molecule has 1 aromatic heterocycles. The van der Waals surface area contributed by atoms with Crippen LogP contribution in [0.5, 0.6) is 0 Å². The molecule has 3 N–H and O–H groups in total. The second kappa shape index (κ2) is 4.33. The van der Waals surface area contributed by atoms with Gasteiger partial charge in [0.15, 0.2) is 0 Å². The molecule has 0 saturated heterocycles. The van der Waals surface area contributed by atoms with Crippen molar-refractivity contribution >= 4 is 0 Å². The van der Waals surface area contributed by atoms with Crippen LogP contribution in [0, 0.1) is 0 Å². The first-order valence-corrected chi connectivity index (χ1v) is 5.68. The van der Waals surface area contributed by atoms with Crippen LogP contribution in [0.25, 0.3) is 0 Å². The second-order valence-corrected chi connectivity index (χ2v) is 4.66. The van der Waals surface area contributed by atoms with E-state index in [1.54, 1.807) is 0 Å². The Hall–Kier alpha value is -0.870. The molecule has 0 aliphatic heterocycles. The lowest BCUT2D eigenvalue weighted by Gasteiger charge is -2.39. The molecule has 0 aromatic carbocycles. The van der Waals surface area contributed by atoms with E-state index in [1.807, 2.05) is 10.9 Å². The predicted molar refractivity (Wildman–Crippen MR) is 60.4 cm³/mol. The summed E-state index contributed by atoms with van der Waals surface area (Å²) in [7, 11) is 0. The van der Waals surface area contributed by atoms with E-state index in [0.717, 1.165) is 18.8 Å². The zero-order chi connectivity index (χ0) is 10.7. The zero-order valence-electron chi connectivity index (χ0n) is 9.37. The van der Waals surface area contributed by atoms with Crippen molar-refractivity contribution in [3.05, 3.63) is 18.2 Å². The molecule has 2 rings (SSSR count). The minimum atomic E-state index is 0.359. The highest BCUT2D eigenvalue weighted by molar-refractivity contribution is 5.00. The van der Waals surface area contributed by atoms with Crippen LogP contribution in [0.4, 0.5) is 0 Å². The number of aromatic nitrogens is 2. The fourth-order valence-corrected chi connectivity index (χ4v) is 1.96. The summed E-state index contributed by atoms with van der Waals surface area (Å²) in [6, 6.07) is 0. The monoisotopic (exact) mass is 208 g/mol. The Kier molecular flexibility index (Phi) is 3.07. The van der Waals surface area contributed by atoms with Gasteiger partial charge in [0.05, 0.1) is 12.0 Å². The Morgan fingerprint density at radius 2 is 2.40 bits per heavy atom. The van der Waals surface area contributed by atoms with Gasteiger partial charge in [-0.3, -0.25) is 0 Å². The van der Waals surface area contributed by atoms with Gasteiger partial charge in [0.1, 0.15) is 0 Å². The van der Waals surface area contributed by atoms with E-state index in [4.69, 9.17) is 5.73 Å². The molecule has 0 radical (unpaired) electrons. The summed E-state index contributed by atoms with van der Waals surface area (Å²) in [5.74, 6) is 0. The highest BCUT2D eigenvalue weighted by Crippen LogP contribution is 2.30. The number of rotatable bonds is 5. The normalized spacial score (nSPS) is 18.8. The molecule has 1 aliphatic rings. The third kappa shape index (κ3) is 2.58. The minimum absolute atomic E-state index is 0.359. The van der Waals surface area contributed by atoms with E-state index in [0.29, 0.717) is 12.1 Å². The predicted octanol–water partition coefficient (Wildman–Crippen LogP) is 0.874. The van der Waals surface area contributed by atoms with Gasteiger partial charge in [-0.25, -0.2) is 4.98 Å². The number of hydrogen-bond donors (Lipinski definition) is 2. The maximum absolute atomic E-state index is 5.48. The molecule has 0 spiro atoms. The average Bonchev–Trinajstić information content (AvgIpc) is 2.60. The van der Waals surface area contributed by atoms with Gasteiger partial charge >= 0.3 is 0 Å². The molecule has 4 heteroatoms. The Balaban J connectivity index is 1.82. The Bertz CT molecular complexity index is 314. The van der Waals surface area contributed by atoms with Gasteiger partial charge in [0.2, 0.25) is 0 Å². The van der Waals surface area contributed by atoms with Gasteiger partial charge in [0, 0.05) is 31.4 Å². The first-order chi connectivity index (χ1) is 7.22. The maximum atomic E-state index is 5.48. The summed E-state index contributed by atoms with van der Waals surface area (Å²) < 4.78 is 2.04. The van der Waals surface area contributed by atoms with Crippen molar-refractivity contribution in [1.82, 2.24) is 14.9 Å². The summed E-state index contributed by atoms with van der Waals surface area (Å²) >= 11 is 0. The second-order valence-electron chi connectivity index (χ2n) is 4.66. The van der Waals surface area contributed by atoms with Crippen LogP contribution >= 0.6 is 0 Å². The molecule has 84 valence electrons. The van der Waals surface area contributed by atoms with Crippen LogP contribution in [-0.4, -0.2) is 21.6 Å². The number of hydrogen-bond acceptors (Lipinski definition) is 3. The molecule has 0 amide bonds. The fourth-order valence-electron chi connectivity index (χ4n) is 1.96. The molecule has 0 bridgehead atoms. The lowest BCUT2D eigenvalue weighted by molar-refractivity contribution is 0.206. The lowest BCUT2D eigenvalue weighted by atomic mass is 9.78. The molecular weight excluding hydrogens is 188 g/mol. The summed E-state index contributed by atoms with van der Waals surface area (Å²) in [5.41, 5.74) is 6.95. The van der Waals surface area contributed by atoms with Gasteiger partial charge in [0.25, 0.3) is 0 Å². The highest BCUT2D eigenvalue weighted by atomic mass is 15.1. The first kappa shape index (κ1) is 10.6. The molecule has 0 unspecified atom stereocenters. The average molecular weight is 208 g/mol. The zero-order valence-corrected chi connectivity index (χ0v) is 9.37. The summed E-state index contributed by atoms with van der Waals surface area (Å²) in [4.78, 5) is 4.34. The van der Waals surface area contributed by atoms with Gasteiger partial charge in [-0.2, -0.15) is 0 Å². The van der Waals surface area contributed by atoms with Gasteiger partial charge in [-0.05, 0) is 26.2 Å². The number of nitrogens with two attached hydrogens (primary N) is 1. The van der Waals surface area contributed by atoms with Crippen LogP contribution in [-0.2, 0) is 13.1 Å². The lowest BCUT2D eigenvalue weighted by Crippen LogP contribution is -2.47. The van der Waals surface area contributed by atoms with Crippen molar-refractivity contribution in [2.45, 2.75) is 44.8 Å². The van der Waals surface area contributed by atoms with E-state index in [1.165, 1.54) is 19.3 Å². The van der Waals surface area contributed by atoms with Gasteiger partial charge < -0.3 is 15.6 Å². The first-order valence-electron chi connectivity index (χ1n) is 5.68. The molecule has 0 atom stereocenters. The fraction of sp³-hybridized carbons (Fsp3) is 0.727. The van der Waals surface area contributed by atoms with Gasteiger partial charge in [-0.15, -0.1) is 0 Å². The quantitative estimate of drug-likeness (QED) is 0.755. The van der Waals surface area contributed by atoms with Crippen molar-refractivity contribution in [2.24, 2.45) is 5.73 Å². The third-order valence-electron chi connectivity index (χ3n) is 3.23. The smallest absolute Gasteiger partial charge is 0.0950 e. The van der Waals surface area contributed by atoms with Crippen LogP contribution in [0.2, 0.25) is 0 Å². The van der Waals surface area contributed by atoms with E-state index < -0.39 is 0 Å². The van der Waals surface area contributed by atoms with E-state index in [2.05, 4.69) is 23.4 Å². The Morgan fingerprint density at radius 1 is 1.60 bits per heavy atom. The van der Waals surface area contributed by atoms with E-state index >= 15 is 0 Å². The molecule has 1 fully saturated rings. The number of nitrogens with zero attached hydrogens (tertiary/aromatic N) is 2. The molecular formula is C11H20N4. The van der Waals surface area contributed by atoms with Crippen molar-refractivity contribution in [3.63, 3.8) is 0 Å². The molecule has 15 heavy (non-hydrogen) atoms. The van der Waals surface area contributed by atoms with Crippen LogP contribution < -0.4 is 11.1 Å². The largest absolute Gasteiger partial charge is 0.336 e. The minimum Gasteiger partial charge on any atom is -0.336 e. The molecule has 1 aromatic rings. The topological polar surface area (TPSA) is 55.9 Å². The summed E-state index contributed by atoms with van der Waals surface area (Å²) in [6.07, 6.45) is 7.85. The number of nitrogens with one attached hydrogen (secondary N) is 1. The standard InChI is InChI=1S/C11H20N4/c1-11(3-2-4-11)14-7-10-8-15(6-5-12)9-13-10/h8-9,14H,2-7,12H2,1H3. The molecule has 1 saturated carbocycles. The Morgan fingerprint density at radius 3 is 3.00 bits per heavy atom. The molecule has 4 nitrogen and oxygen atoms in total. The molecule has 1 aliphatic carbocycles. The SMILES string of the molecule is CC1(NCc2cn(CCN)cn2)CCC1. The van der Waals surface area contributed by atoms with Crippen LogP contribution in [0.15, 0.2) is 12.5 Å². The van der Waals surface area contributed by atoms with Crippen molar-refractivity contribution in [1.29, 1.82) is 0 Å². The summed E-state index contributed by atoms with van der Waals surface area (Å²) in [5, 5.41) is 3.56.